The van der Waals surface area contributed by atoms with Crippen LogP contribution in [-0.4, -0.2) is 126 Å². The van der Waals surface area contributed by atoms with E-state index < -0.39 is 65.3 Å². The molecule has 0 spiro atoms. The van der Waals surface area contributed by atoms with Crippen molar-refractivity contribution in [1.82, 2.24) is 50.4 Å². The van der Waals surface area contributed by atoms with E-state index in [-0.39, 0.29) is 22.8 Å². The highest BCUT2D eigenvalue weighted by atomic mass is 19.2. The smallest absolute Gasteiger partial charge is 0.361 e. The Balaban J connectivity index is 1.07. The summed E-state index contributed by atoms with van der Waals surface area (Å²) in [4.78, 5) is 58.1. The number of carbonyl (C=O) groups excluding carboxylic acids is 4. The molecule has 8 aromatic rings. The van der Waals surface area contributed by atoms with E-state index in [0.29, 0.717) is 60.8 Å². The van der Waals surface area contributed by atoms with Crippen LogP contribution in [0.4, 0.5) is 20.4 Å². The van der Waals surface area contributed by atoms with Crippen molar-refractivity contribution in [3.05, 3.63) is 179 Å². The number of hydrogen-bond donors (Lipinski definition) is 0. The van der Waals surface area contributed by atoms with Gasteiger partial charge in [0.15, 0.2) is 35.1 Å². The Kier molecular flexibility index (Phi) is 20.2. The molecule has 26 heteroatoms. The van der Waals surface area contributed by atoms with Gasteiger partial charge in [0.2, 0.25) is 0 Å². The van der Waals surface area contributed by atoms with E-state index in [0.717, 1.165) is 57.9 Å². The molecule has 0 saturated carbocycles. The molecule has 0 amide bonds. The highest BCUT2D eigenvalue weighted by Crippen LogP contribution is 2.37. The quantitative estimate of drug-likeness (QED) is 0.0277. The first-order valence-electron chi connectivity index (χ1n) is 28.0. The van der Waals surface area contributed by atoms with Gasteiger partial charge in [-0.3, -0.25) is 9.59 Å². The summed E-state index contributed by atoms with van der Waals surface area (Å²) in [6.45, 7) is 12.9. The van der Waals surface area contributed by atoms with E-state index in [1.165, 1.54) is 12.1 Å². The number of hydrogen-bond acceptors (Lipinski definition) is 22. The van der Waals surface area contributed by atoms with Crippen LogP contribution in [0.2, 0.25) is 0 Å². The maximum absolute atomic E-state index is 17.7. The molecule has 0 N–H and O–H groups in total. The first kappa shape index (κ1) is 64.8. The molecule has 0 aliphatic rings. The third kappa shape index (κ3) is 17.5. The molecule has 468 valence electrons. The summed E-state index contributed by atoms with van der Waals surface area (Å²) in [5.74, 6) is -7.83. The van der Waals surface area contributed by atoms with Gasteiger partial charge in [0.1, 0.15) is 40.6 Å². The molecular formula is C63H70F2N12O12. The van der Waals surface area contributed by atoms with Crippen LogP contribution in [0, 0.1) is 0 Å². The van der Waals surface area contributed by atoms with Gasteiger partial charge < -0.3 is 47.7 Å². The molecule has 4 unspecified atom stereocenters. The maximum Gasteiger partial charge on any atom is 0.361 e. The van der Waals surface area contributed by atoms with Gasteiger partial charge in [0.25, 0.3) is 11.7 Å². The van der Waals surface area contributed by atoms with Crippen LogP contribution in [0.1, 0.15) is 129 Å². The summed E-state index contributed by atoms with van der Waals surface area (Å²) < 4.78 is 80.4. The van der Waals surface area contributed by atoms with Crippen LogP contribution in [-0.2, 0) is 54.7 Å². The number of rotatable bonds is 26. The largest absolute Gasteiger partial charge is 0.497 e. The Morgan fingerprint density at radius 2 is 0.708 bits per heavy atom. The number of anilines is 2. The van der Waals surface area contributed by atoms with Crippen molar-refractivity contribution in [3.8, 4) is 23.0 Å². The number of carbonyl (C=O) groups is 4. The second-order valence-corrected chi connectivity index (χ2v) is 22.8. The third-order valence-electron chi connectivity index (χ3n) is 13.3. The predicted molar refractivity (Wildman–Crippen MR) is 318 cm³/mol. The van der Waals surface area contributed by atoms with Crippen LogP contribution in [0.5, 0.6) is 23.0 Å². The number of benzene rings is 4. The second kappa shape index (κ2) is 27.7. The van der Waals surface area contributed by atoms with Gasteiger partial charge in [-0.15, -0.1) is 20.4 Å². The summed E-state index contributed by atoms with van der Waals surface area (Å²) in [6.07, 6.45) is 0.803. The number of halogens is 2. The fraction of sp³-hybridized carbons (Fsp3) is 0.365. The average Bonchev–Trinajstić information content (AvgIpc) is 1.95. The highest BCUT2D eigenvalue weighted by Gasteiger charge is 2.47. The zero-order valence-corrected chi connectivity index (χ0v) is 51.4. The molecule has 4 aromatic carbocycles. The van der Waals surface area contributed by atoms with E-state index in [2.05, 4.69) is 41.0 Å². The molecule has 4 heterocycles. The van der Waals surface area contributed by atoms with Crippen molar-refractivity contribution < 1.29 is 65.9 Å². The average molecular weight is 1230 g/mol. The lowest BCUT2D eigenvalue weighted by molar-refractivity contribution is -0.198. The van der Waals surface area contributed by atoms with Crippen molar-refractivity contribution in [1.29, 1.82) is 0 Å². The molecule has 0 aliphatic heterocycles. The lowest BCUT2D eigenvalue weighted by atomic mass is 10.1. The van der Waals surface area contributed by atoms with Crippen LogP contribution in [0.25, 0.3) is 0 Å². The number of ether oxygens (including phenoxy) is 8. The molecule has 0 bridgehead atoms. The topological polar surface area (TPSA) is 262 Å². The number of esters is 4. The molecule has 0 fully saturated rings. The summed E-state index contributed by atoms with van der Waals surface area (Å²) >= 11 is 0. The molecular weight excluding hydrogens is 1150 g/mol. The molecule has 0 saturated heterocycles. The summed E-state index contributed by atoms with van der Waals surface area (Å²) in [5.41, 5.74) is 0.684. The van der Waals surface area contributed by atoms with E-state index in [9.17, 15) is 19.2 Å². The minimum absolute atomic E-state index is 0.168. The molecule has 0 aliphatic carbocycles. The number of alkyl halides is 2. The van der Waals surface area contributed by atoms with Crippen LogP contribution in [0.15, 0.2) is 134 Å². The van der Waals surface area contributed by atoms with Crippen LogP contribution < -0.4 is 28.7 Å². The standard InChI is InChI=1S/C63H70F2N12O12/c1-60(2,3)88-58(80)50-38-76(72-68-50)56(48-29-31-52(70-66-48)74(34-40-13-21-44(82-9)22-14-40)35-41-15-23-45(83-10)24-16-41)62(7,64)86-54(78)33-55(79)87-63(8,65)57(77-39-51(69-73-77)59(81)89-61(4,5)6)49-30-32-53(71-67-49)75(36-42-17-25-46(84-11)26-18-42)37-43-19-27-47(85-12)28-20-43/h13-32,38-39,56-57H,33-37H2,1-12H3. The number of methoxy groups -OCH3 is 4. The molecule has 0 radical (unpaired) electrons. The highest BCUT2D eigenvalue weighted by molar-refractivity contribution is 5.91. The van der Waals surface area contributed by atoms with E-state index >= 15 is 8.78 Å². The Morgan fingerprint density at radius 3 is 0.955 bits per heavy atom. The Morgan fingerprint density at radius 1 is 0.416 bits per heavy atom. The Labute approximate surface area is 512 Å². The first-order valence-corrected chi connectivity index (χ1v) is 28.0. The SMILES string of the molecule is COc1ccc(CN(Cc2ccc(OC)cc2)c2ccc(C(n3cc(C(=O)OC(C)(C)C)nn3)C(C)(F)OC(=O)CC(=O)OC(C)(F)C(c3ccc(N(Cc4ccc(OC)cc4)Cc4ccc(OC)cc4)nn3)n3cc(C(=O)OC(C)(C)C)nn3)nn2)cc1. The van der Waals surface area contributed by atoms with Gasteiger partial charge in [-0.1, -0.05) is 59.0 Å². The fourth-order valence-corrected chi connectivity index (χ4v) is 9.21. The van der Waals surface area contributed by atoms with Crippen molar-refractivity contribution in [2.45, 2.75) is 123 Å². The minimum Gasteiger partial charge on any atom is -0.497 e. The zero-order valence-electron chi connectivity index (χ0n) is 51.4. The van der Waals surface area contributed by atoms with Gasteiger partial charge in [-0.05, 0) is 137 Å². The summed E-state index contributed by atoms with van der Waals surface area (Å²) in [6, 6.07) is 32.1. The van der Waals surface area contributed by atoms with Crippen molar-refractivity contribution in [2.24, 2.45) is 0 Å². The second-order valence-electron chi connectivity index (χ2n) is 22.8. The zero-order chi connectivity index (χ0) is 64.3. The van der Waals surface area contributed by atoms with E-state index in [1.807, 2.05) is 107 Å². The third-order valence-corrected chi connectivity index (χ3v) is 13.3. The van der Waals surface area contributed by atoms with Crippen molar-refractivity contribution in [2.75, 3.05) is 38.2 Å². The predicted octanol–water partition coefficient (Wildman–Crippen LogP) is 9.54. The molecule has 8 rings (SSSR count). The van der Waals surface area contributed by atoms with Crippen molar-refractivity contribution >= 4 is 35.5 Å². The lowest BCUT2D eigenvalue weighted by Crippen LogP contribution is -2.41. The van der Waals surface area contributed by atoms with Gasteiger partial charge >= 0.3 is 23.9 Å². The van der Waals surface area contributed by atoms with Crippen molar-refractivity contribution in [3.63, 3.8) is 0 Å². The van der Waals surface area contributed by atoms with Crippen LogP contribution >= 0.6 is 0 Å². The molecule has 24 nitrogen and oxygen atoms in total. The number of aromatic nitrogens is 10. The Hall–Kier alpha value is -10.1. The lowest BCUT2D eigenvalue weighted by Gasteiger charge is -2.31. The van der Waals surface area contributed by atoms with E-state index in [1.54, 1.807) is 82.1 Å². The monoisotopic (exact) mass is 1220 g/mol. The van der Waals surface area contributed by atoms with Gasteiger partial charge in [0.05, 0.1) is 52.2 Å². The normalized spacial score (nSPS) is 13.6. The minimum atomic E-state index is -3.18. The maximum atomic E-state index is 17.7. The number of nitrogens with zero attached hydrogens (tertiary/aromatic N) is 12. The van der Waals surface area contributed by atoms with Crippen LogP contribution in [0.3, 0.4) is 0 Å². The van der Waals surface area contributed by atoms with E-state index in [4.69, 9.17) is 37.9 Å². The fourth-order valence-electron chi connectivity index (χ4n) is 9.21. The first-order chi connectivity index (χ1) is 42.2. The molecule has 4 atom stereocenters. The summed E-state index contributed by atoms with van der Waals surface area (Å²) in [5, 5.41) is 33.7. The molecule has 89 heavy (non-hydrogen) atoms. The Bertz CT molecular complexity index is 3330. The van der Waals surface area contributed by atoms with Gasteiger partial charge in [-0.2, -0.15) is 19.0 Å². The summed E-state index contributed by atoms with van der Waals surface area (Å²) in [7, 11) is 6.28. The molecule has 4 aromatic heterocycles. The van der Waals surface area contributed by atoms with Gasteiger partial charge in [-0.25, -0.2) is 19.0 Å². The van der Waals surface area contributed by atoms with Gasteiger partial charge in [0, 0.05) is 40.0 Å².